The lowest BCUT2D eigenvalue weighted by Gasteiger charge is -2.43. The van der Waals surface area contributed by atoms with Gasteiger partial charge in [-0.05, 0) is 69.0 Å². The monoisotopic (exact) mass is 490 g/mol. The molecule has 2 atom stereocenters. The molecule has 0 radical (unpaired) electrons. The van der Waals surface area contributed by atoms with E-state index in [0.717, 1.165) is 53.1 Å². The molecule has 0 spiro atoms. The van der Waals surface area contributed by atoms with Gasteiger partial charge in [0.2, 0.25) is 5.95 Å². The van der Waals surface area contributed by atoms with Crippen LogP contribution in [0.4, 0.5) is 24.9 Å². The van der Waals surface area contributed by atoms with E-state index in [0.29, 0.717) is 19.1 Å². The Bertz CT molecular complexity index is 1240. The molecule has 188 valence electrons. The standard InChI is InChI=1S/C24H29F3N6O2/c1-14-8-16-11-28-22(30-21-10-19(24(25,26)27)31-32(21)3)29-18(16)9-17(14)15-4-6-33(7-5-15)23(2)13-35-12-20(23)34/h8-11,15,20,34H,4-7,12-13H2,1-3H3,(H,28,29,30)/t20?,23-/m1/s1. The number of piperidine rings is 1. The number of anilines is 2. The largest absolute Gasteiger partial charge is 0.435 e. The zero-order valence-corrected chi connectivity index (χ0v) is 19.9. The number of nitrogens with zero attached hydrogens (tertiary/aromatic N) is 5. The smallest absolute Gasteiger partial charge is 0.389 e. The predicted molar refractivity (Wildman–Crippen MR) is 125 cm³/mol. The van der Waals surface area contributed by atoms with Crippen LogP contribution in [-0.4, -0.2) is 67.7 Å². The van der Waals surface area contributed by atoms with Gasteiger partial charge in [0.1, 0.15) is 5.82 Å². The van der Waals surface area contributed by atoms with Crippen molar-refractivity contribution < 1.29 is 23.0 Å². The Morgan fingerprint density at radius 2 is 1.94 bits per heavy atom. The van der Waals surface area contributed by atoms with E-state index in [1.54, 1.807) is 6.20 Å². The Morgan fingerprint density at radius 1 is 1.20 bits per heavy atom. The van der Waals surface area contributed by atoms with Crippen molar-refractivity contribution in [1.82, 2.24) is 24.6 Å². The van der Waals surface area contributed by atoms with Crippen LogP contribution in [0.15, 0.2) is 24.4 Å². The van der Waals surface area contributed by atoms with Crippen molar-refractivity contribution in [2.45, 2.75) is 50.4 Å². The third kappa shape index (κ3) is 4.48. The van der Waals surface area contributed by atoms with Crippen LogP contribution in [0.3, 0.4) is 0 Å². The van der Waals surface area contributed by atoms with Crippen LogP contribution in [0.2, 0.25) is 0 Å². The third-order valence-corrected chi connectivity index (χ3v) is 7.42. The van der Waals surface area contributed by atoms with Crippen LogP contribution in [0.5, 0.6) is 0 Å². The number of aromatic nitrogens is 4. The van der Waals surface area contributed by atoms with Crippen molar-refractivity contribution in [1.29, 1.82) is 0 Å². The number of nitrogens with one attached hydrogen (secondary N) is 1. The second kappa shape index (κ2) is 8.72. The number of alkyl halides is 3. The van der Waals surface area contributed by atoms with Crippen molar-refractivity contribution in [3.63, 3.8) is 0 Å². The molecule has 3 aromatic rings. The first-order valence-electron chi connectivity index (χ1n) is 11.7. The maximum atomic E-state index is 13.0. The van der Waals surface area contributed by atoms with E-state index in [9.17, 15) is 18.3 Å². The molecule has 35 heavy (non-hydrogen) atoms. The third-order valence-electron chi connectivity index (χ3n) is 7.42. The Kier molecular flexibility index (Phi) is 5.97. The molecule has 4 heterocycles. The first kappa shape index (κ1) is 24.0. The minimum Gasteiger partial charge on any atom is -0.389 e. The van der Waals surface area contributed by atoms with Crippen molar-refractivity contribution in [3.8, 4) is 0 Å². The minimum absolute atomic E-state index is 0.156. The van der Waals surface area contributed by atoms with Gasteiger partial charge in [-0.2, -0.15) is 18.3 Å². The number of fused-ring (bicyclic) bond motifs is 1. The van der Waals surface area contributed by atoms with E-state index in [1.807, 2.05) is 0 Å². The zero-order valence-electron chi connectivity index (χ0n) is 19.9. The van der Waals surface area contributed by atoms with Crippen LogP contribution >= 0.6 is 0 Å². The maximum Gasteiger partial charge on any atom is 0.435 e. The van der Waals surface area contributed by atoms with Gasteiger partial charge in [-0.3, -0.25) is 9.58 Å². The quantitative estimate of drug-likeness (QED) is 0.576. The summed E-state index contributed by atoms with van der Waals surface area (Å²) < 4.78 is 45.6. The topological polar surface area (TPSA) is 88.3 Å². The second-order valence-electron chi connectivity index (χ2n) is 9.77. The average molecular weight is 491 g/mol. The zero-order chi connectivity index (χ0) is 25.0. The van der Waals surface area contributed by atoms with E-state index in [-0.39, 0.29) is 17.3 Å². The number of rotatable bonds is 4. The number of likely N-dealkylation sites (tertiary alicyclic amines) is 1. The van der Waals surface area contributed by atoms with Crippen LogP contribution in [0, 0.1) is 6.92 Å². The molecule has 2 N–H and O–H groups in total. The molecule has 0 bridgehead atoms. The molecular weight excluding hydrogens is 461 g/mol. The Morgan fingerprint density at radius 3 is 2.57 bits per heavy atom. The molecule has 0 aliphatic carbocycles. The first-order valence-corrected chi connectivity index (χ1v) is 11.7. The number of ether oxygens (including phenoxy) is 1. The van der Waals surface area contributed by atoms with Gasteiger partial charge in [0.05, 0.1) is 30.4 Å². The highest BCUT2D eigenvalue weighted by Gasteiger charge is 2.45. The van der Waals surface area contributed by atoms with Crippen molar-refractivity contribution in [2.24, 2.45) is 7.05 Å². The van der Waals surface area contributed by atoms with Crippen molar-refractivity contribution >= 4 is 22.7 Å². The van der Waals surface area contributed by atoms with Gasteiger partial charge in [0.25, 0.3) is 0 Å². The number of aryl methyl sites for hydroxylation is 2. The summed E-state index contributed by atoms with van der Waals surface area (Å²) in [5.41, 5.74) is 1.80. The average Bonchev–Trinajstić information content (AvgIpc) is 3.36. The molecule has 8 nitrogen and oxygen atoms in total. The van der Waals surface area contributed by atoms with E-state index in [1.165, 1.54) is 12.6 Å². The van der Waals surface area contributed by atoms with Gasteiger partial charge in [-0.1, -0.05) is 0 Å². The van der Waals surface area contributed by atoms with Crippen LogP contribution in [0.1, 0.15) is 42.5 Å². The molecule has 0 amide bonds. The lowest BCUT2D eigenvalue weighted by atomic mass is 9.84. The number of aliphatic hydroxyl groups is 1. The summed E-state index contributed by atoms with van der Waals surface area (Å²) in [5, 5.41) is 17.6. The van der Waals surface area contributed by atoms with E-state index < -0.39 is 18.0 Å². The summed E-state index contributed by atoms with van der Waals surface area (Å²) in [5.74, 6) is 0.724. The van der Waals surface area contributed by atoms with Crippen LogP contribution in [0.25, 0.3) is 10.9 Å². The van der Waals surface area contributed by atoms with Gasteiger partial charge in [0, 0.05) is 24.7 Å². The molecule has 2 saturated heterocycles. The molecule has 2 fully saturated rings. The van der Waals surface area contributed by atoms with Gasteiger partial charge in [-0.15, -0.1) is 0 Å². The molecule has 0 saturated carbocycles. The molecule has 5 rings (SSSR count). The highest BCUT2D eigenvalue weighted by molar-refractivity contribution is 5.81. The minimum atomic E-state index is -4.52. The normalized spacial score (nSPS) is 24.4. The predicted octanol–water partition coefficient (Wildman–Crippen LogP) is 3.76. The fraction of sp³-hybridized carbons (Fsp3) is 0.542. The Balaban J connectivity index is 1.35. The van der Waals surface area contributed by atoms with E-state index in [2.05, 4.69) is 51.3 Å². The molecule has 2 aliphatic heterocycles. The summed E-state index contributed by atoms with van der Waals surface area (Å²) in [6.45, 7) is 6.82. The fourth-order valence-corrected chi connectivity index (χ4v) is 5.20. The number of halogens is 3. The highest BCUT2D eigenvalue weighted by atomic mass is 19.4. The van der Waals surface area contributed by atoms with E-state index in [4.69, 9.17) is 4.74 Å². The molecule has 1 aromatic carbocycles. The molecular formula is C24H29F3N6O2. The lowest BCUT2D eigenvalue weighted by Crippen LogP contribution is -2.56. The summed E-state index contributed by atoms with van der Waals surface area (Å²) >= 11 is 0. The molecule has 2 aliphatic rings. The number of benzene rings is 1. The maximum absolute atomic E-state index is 13.0. The Hall–Kier alpha value is -2.76. The lowest BCUT2D eigenvalue weighted by molar-refractivity contribution is -0.141. The molecule has 11 heteroatoms. The Labute approximate surface area is 201 Å². The summed E-state index contributed by atoms with van der Waals surface area (Å²) in [4.78, 5) is 11.2. The molecule has 1 unspecified atom stereocenters. The highest BCUT2D eigenvalue weighted by Crippen LogP contribution is 2.37. The van der Waals surface area contributed by atoms with Crippen LogP contribution < -0.4 is 5.32 Å². The van der Waals surface area contributed by atoms with Gasteiger partial charge >= 0.3 is 6.18 Å². The summed E-state index contributed by atoms with van der Waals surface area (Å²) in [7, 11) is 1.43. The van der Waals surface area contributed by atoms with Gasteiger partial charge in [-0.25, -0.2) is 9.97 Å². The SMILES string of the molecule is Cc1cc2cnc(Nc3cc(C(F)(F)F)nn3C)nc2cc1C1CCN([C@]2(C)COCC2O)CC1. The van der Waals surface area contributed by atoms with E-state index >= 15 is 0 Å². The number of hydrogen-bond acceptors (Lipinski definition) is 7. The van der Waals surface area contributed by atoms with Crippen molar-refractivity contribution in [3.05, 3.63) is 41.2 Å². The number of hydrogen-bond donors (Lipinski definition) is 2. The molecule has 2 aromatic heterocycles. The van der Waals surface area contributed by atoms with Gasteiger partial charge < -0.3 is 15.2 Å². The number of aliphatic hydroxyl groups excluding tert-OH is 1. The van der Waals surface area contributed by atoms with Crippen molar-refractivity contribution in [2.75, 3.05) is 31.6 Å². The second-order valence-corrected chi connectivity index (χ2v) is 9.77. The first-order chi connectivity index (χ1) is 16.5. The fourth-order valence-electron chi connectivity index (χ4n) is 5.20. The van der Waals surface area contributed by atoms with Gasteiger partial charge in [0.15, 0.2) is 5.69 Å². The summed E-state index contributed by atoms with van der Waals surface area (Å²) in [6, 6.07) is 5.06. The van der Waals surface area contributed by atoms with Crippen LogP contribution in [-0.2, 0) is 18.0 Å². The summed E-state index contributed by atoms with van der Waals surface area (Å²) in [6.07, 6.45) is -1.41.